The van der Waals surface area contributed by atoms with Gasteiger partial charge in [0.25, 0.3) is 0 Å². The molecule has 0 aliphatic carbocycles. The maximum Gasteiger partial charge on any atom is 0.243 e. The van der Waals surface area contributed by atoms with Crippen molar-refractivity contribution in [3.63, 3.8) is 0 Å². The fourth-order valence-corrected chi connectivity index (χ4v) is 3.91. The molecule has 142 valence electrons. The summed E-state index contributed by atoms with van der Waals surface area (Å²) in [4.78, 5) is 14.5. The van der Waals surface area contributed by atoms with Crippen LogP contribution in [0.25, 0.3) is 5.69 Å². The van der Waals surface area contributed by atoms with Crippen molar-refractivity contribution in [3.05, 3.63) is 54.1 Å². The molecule has 1 saturated heterocycles. The molecule has 3 heterocycles. The van der Waals surface area contributed by atoms with Gasteiger partial charge in [-0.25, -0.2) is 0 Å². The van der Waals surface area contributed by atoms with E-state index in [0.29, 0.717) is 11.7 Å². The highest BCUT2D eigenvalue weighted by atomic mass is 16.3. The number of carbonyl (C=O) groups excluding carboxylic acids is 1. The molecule has 7 nitrogen and oxygen atoms in total. The third kappa shape index (κ3) is 3.79. The van der Waals surface area contributed by atoms with Crippen LogP contribution in [-0.4, -0.2) is 56.4 Å². The zero-order valence-corrected chi connectivity index (χ0v) is 15.3. The second-order valence-corrected chi connectivity index (χ2v) is 7.15. The first-order valence-electron chi connectivity index (χ1n) is 9.54. The number of nitrogens with zero attached hydrogens (tertiary/aromatic N) is 4. The second-order valence-electron chi connectivity index (χ2n) is 7.15. The Bertz CT molecular complexity index is 809. The third-order valence-corrected chi connectivity index (χ3v) is 5.40. The van der Waals surface area contributed by atoms with Gasteiger partial charge in [0.05, 0.1) is 0 Å². The molecular weight excluding hydrogens is 342 g/mol. The Labute approximate surface area is 158 Å². The number of nitrogens with one attached hydrogen (secondary N) is 1. The molecule has 1 unspecified atom stereocenters. The molecule has 27 heavy (non-hydrogen) atoms. The summed E-state index contributed by atoms with van der Waals surface area (Å²) in [6.07, 6.45) is 6.67. The number of benzene rings is 1. The van der Waals surface area contributed by atoms with Gasteiger partial charge in [-0.15, -0.1) is 10.2 Å². The van der Waals surface area contributed by atoms with Crippen molar-refractivity contribution in [1.29, 1.82) is 0 Å². The smallest absolute Gasteiger partial charge is 0.243 e. The monoisotopic (exact) mass is 367 g/mol. The van der Waals surface area contributed by atoms with Gasteiger partial charge in [-0.3, -0.25) is 14.7 Å². The minimum absolute atomic E-state index is 0.142. The van der Waals surface area contributed by atoms with Crippen molar-refractivity contribution in [2.24, 2.45) is 5.92 Å². The van der Waals surface area contributed by atoms with Crippen LogP contribution >= 0.6 is 0 Å². The molecular formula is C20H25N5O2. The van der Waals surface area contributed by atoms with Gasteiger partial charge in [-0.1, -0.05) is 30.4 Å². The molecule has 1 aromatic carbocycles. The first-order chi connectivity index (χ1) is 13.3. The number of amides is 1. The van der Waals surface area contributed by atoms with E-state index in [1.165, 1.54) is 0 Å². The standard InChI is InChI=1S/C20H25N5O2/c26-14-19-23-22-18(25(19)16-5-2-1-3-6-16)13-15-8-11-24(12-9-15)20(27)17-7-4-10-21-17/h1-7,15,17,21,26H,8-14H2. The van der Waals surface area contributed by atoms with Gasteiger partial charge in [0.15, 0.2) is 5.82 Å². The van der Waals surface area contributed by atoms with Crippen LogP contribution in [0.4, 0.5) is 0 Å². The number of aromatic nitrogens is 3. The maximum absolute atomic E-state index is 12.5. The van der Waals surface area contributed by atoms with Gasteiger partial charge in [0.2, 0.25) is 5.91 Å². The van der Waals surface area contributed by atoms with E-state index >= 15 is 0 Å². The van der Waals surface area contributed by atoms with Gasteiger partial charge in [0.1, 0.15) is 18.5 Å². The highest BCUT2D eigenvalue weighted by Crippen LogP contribution is 2.24. The van der Waals surface area contributed by atoms with Crippen molar-refractivity contribution < 1.29 is 9.90 Å². The predicted molar refractivity (Wildman–Crippen MR) is 101 cm³/mol. The van der Waals surface area contributed by atoms with Crippen LogP contribution in [0.15, 0.2) is 42.5 Å². The second kappa shape index (κ2) is 8.02. The summed E-state index contributed by atoms with van der Waals surface area (Å²) >= 11 is 0. The van der Waals surface area contributed by atoms with Crippen LogP contribution in [0.1, 0.15) is 24.5 Å². The van der Waals surface area contributed by atoms with Crippen molar-refractivity contribution in [2.45, 2.75) is 31.9 Å². The summed E-state index contributed by atoms with van der Waals surface area (Å²) in [5.74, 6) is 2.06. The molecule has 0 radical (unpaired) electrons. The Morgan fingerprint density at radius 2 is 1.89 bits per heavy atom. The average molecular weight is 367 g/mol. The SMILES string of the molecule is O=C(C1C=CCN1)N1CCC(Cc2nnc(CO)n2-c2ccccc2)CC1. The summed E-state index contributed by atoms with van der Waals surface area (Å²) in [6.45, 7) is 2.19. The molecule has 2 N–H and O–H groups in total. The lowest BCUT2D eigenvalue weighted by Gasteiger charge is -2.33. The Morgan fingerprint density at radius 1 is 1.15 bits per heavy atom. The number of carbonyl (C=O) groups is 1. The first-order valence-corrected chi connectivity index (χ1v) is 9.54. The molecule has 0 spiro atoms. The Hall–Kier alpha value is -2.51. The van der Waals surface area contributed by atoms with E-state index in [4.69, 9.17) is 0 Å². The van der Waals surface area contributed by atoms with Crippen LogP contribution in [0.2, 0.25) is 0 Å². The number of hydrogen-bond acceptors (Lipinski definition) is 5. The fourth-order valence-electron chi connectivity index (χ4n) is 3.91. The number of likely N-dealkylation sites (tertiary alicyclic amines) is 1. The van der Waals surface area contributed by atoms with E-state index in [0.717, 1.165) is 50.4 Å². The lowest BCUT2D eigenvalue weighted by molar-refractivity contribution is -0.133. The molecule has 1 fully saturated rings. The average Bonchev–Trinajstić information content (AvgIpc) is 3.39. The third-order valence-electron chi connectivity index (χ3n) is 5.40. The summed E-state index contributed by atoms with van der Waals surface area (Å²) in [5.41, 5.74) is 0.966. The highest BCUT2D eigenvalue weighted by Gasteiger charge is 2.29. The van der Waals surface area contributed by atoms with Crippen LogP contribution < -0.4 is 5.32 Å². The van der Waals surface area contributed by atoms with E-state index in [9.17, 15) is 9.90 Å². The number of piperidine rings is 1. The minimum atomic E-state index is -0.158. The number of para-hydroxylation sites is 1. The first kappa shape index (κ1) is 17.9. The lowest BCUT2D eigenvalue weighted by atomic mass is 9.92. The highest BCUT2D eigenvalue weighted by molar-refractivity contribution is 5.84. The zero-order valence-electron chi connectivity index (χ0n) is 15.3. The van der Waals surface area contributed by atoms with E-state index in [1.54, 1.807) is 0 Å². The topological polar surface area (TPSA) is 83.3 Å². The summed E-state index contributed by atoms with van der Waals surface area (Å²) in [6, 6.07) is 9.74. The largest absolute Gasteiger partial charge is 0.388 e. The normalized spacial score (nSPS) is 20.3. The molecule has 7 heteroatoms. The quantitative estimate of drug-likeness (QED) is 0.773. The molecule has 1 aromatic heterocycles. The molecule has 2 aliphatic rings. The van der Waals surface area contributed by atoms with Gasteiger partial charge in [0, 0.05) is 31.7 Å². The maximum atomic E-state index is 12.5. The van der Waals surface area contributed by atoms with Crippen molar-refractivity contribution in [1.82, 2.24) is 25.0 Å². The molecule has 1 amide bonds. The molecule has 2 aliphatic heterocycles. The van der Waals surface area contributed by atoms with Crippen LogP contribution in [0.5, 0.6) is 0 Å². The predicted octanol–water partition coefficient (Wildman–Crippen LogP) is 1.07. The van der Waals surface area contributed by atoms with Gasteiger partial charge in [-0.2, -0.15) is 0 Å². The Balaban J connectivity index is 1.42. The lowest BCUT2D eigenvalue weighted by Crippen LogP contribution is -2.47. The van der Waals surface area contributed by atoms with Gasteiger partial charge < -0.3 is 10.0 Å². The molecule has 4 rings (SSSR count). The number of aliphatic hydroxyl groups excluding tert-OH is 1. The number of hydrogen-bond donors (Lipinski definition) is 2. The summed E-state index contributed by atoms with van der Waals surface area (Å²) < 4.78 is 1.95. The zero-order chi connectivity index (χ0) is 18.6. The molecule has 0 saturated carbocycles. The van der Waals surface area contributed by atoms with E-state index in [2.05, 4.69) is 15.5 Å². The Morgan fingerprint density at radius 3 is 2.56 bits per heavy atom. The Kier molecular flexibility index (Phi) is 5.31. The molecule has 2 aromatic rings. The molecule has 1 atom stereocenters. The molecule has 0 bridgehead atoms. The fraction of sp³-hybridized carbons (Fsp3) is 0.450. The summed E-state index contributed by atoms with van der Waals surface area (Å²) in [5, 5.41) is 21.3. The number of aliphatic hydroxyl groups is 1. The van der Waals surface area contributed by atoms with Gasteiger partial charge in [-0.05, 0) is 30.9 Å². The number of rotatable bonds is 5. The van der Waals surface area contributed by atoms with Crippen molar-refractivity contribution >= 4 is 5.91 Å². The van der Waals surface area contributed by atoms with Crippen molar-refractivity contribution in [3.8, 4) is 5.69 Å². The van der Waals surface area contributed by atoms with Crippen molar-refractivity contribution in [2.75, 3.05) is 19.6 Å². The van der Waals surface area contributed by atoms with Crippen LogP contribution in [0.3, 0.4) is 0 Å². The minimum Gasteiger partial charge on any atom is -0.388 e. The van der Waals surface area contributed by atoms with Gasteiger partial charge >= 0.3 is 0 Å². The van der Waals surface area contributed by atoms with E-state index in [1.807, 2.05) is 52.0 Å². The summed E-state index contributed by atoms with van der Waals surface area (Å²) in [7, 11) is 0. The van der Waals surface area contributed by atoms with E-state index in [-0.39, 0.29) is 18.6 Å². The van der Waals surface area contributed by atoms with Crippen LogP contribution in [0, 0.1) is 5.92 Å². The van der Waals surface area contributed by atoms with Crippen LogP contribution in [-0.2, 0) is 17.8 Å². The van der Waals surface area contributed by atoms with E-state index < -0.39 is 0 Å².